The monoisotopic (exact) mass is 248 g/mol. The summed E-state index contributed by atoms with van der Waals surface area (Å²) in [4.78, 5) is 7.32. The average Bonchev–Trinajstić information content (AvgIpc) is 3.18. The second kappa shape index (κ2) is 4.92. The second-order valence-electron chi connectivity index (χ2n) is 5.60. The Morgan fingerprint density at radius 1 is 1.39 bits per heavy atom. The number of nitrogens with zero attached hydrogens (tertiary/aromatic N) is 3. The lowest BCUT2D eigenvalue weighted by Gasteiger charge is -2.33. The molecule has 1 aromatic heterocycles. The van der Waals surface area contributed by atoms with Gasteiger partial charge in [-0.15, -0.1) is 0 Å². The van der Waals surface area contributed by atoms with Crippen LogP contribution in [-0.2, 0) is 6.42 Å². The molecule has 1 N–H and O–H groups in total. The summed E-state index contributed by atoms with van der Waals surface area (Å²) in [5, 5.41) is 3.41. The second-order valence-corrected chi connectivity index (χ2v) is 5.60. The van der Waals surface area contributed by atoms with E-state index in [1.807, 2.05) is 0 Å². The number of imidazole rings is 1. The van der Waals surface area contributed by atoms with Gasteiger partial charge in [0.25, 0.3) is 0 Å². The zero-order chi connectivity index (χ0) is 12.5. The summed E-state index contributed by atoms with van der Waals surface area (Å²) in [5.41, 5.74) is 1.24. The first-order chi connectivity index (χ1) is 8.81. The molecular weight excluding hydrogens is 224 g/mol. The minimum Gasteiger partial charge on any atom is -0.341 e. The number of hydrogen-bond donors (Lipinski definition) is 1. The smallest absolute Gasteiger partial charge is 0.206 e. The van der Waals surface area contributed by atoms with Gasteiger partial charge in [-0.25, -0.2) is 4.98 Å². The quantitative estimate of drug-likeness (QED) is 0.884. The molecule has 0 amide bonds. The first-order valence-corrected chi connectivity index (χ1v) is 7.31. The van der Waals surface area contributed by atoms with Crippen molar-refractivity contribution in [3.8, 4) is 0 Å². The van der Waals surface area contributed by atoms with E-state index in [1.54, 1.807) is 0 Å². The maximum absolute atomic E-state index is 4.84. The summed E-state index contributed by atoms with van der Waals surface area (Å²) < 4.78 is 2.43. The van der Waals surface area contributed by atoms with Gasteiger partial charge in [-0.2, -0.15) is 0 Å². The lowest BCUT2D eigenvalue weighted by Crippen LogP contribution is -2.45. The van der Waals surface area contributed by atoms with Crippen LogP contribution in [0.15, 0.2) is 6.20 Å². The predicted octanol–water partition coefficient (Wildman–Crippen LogP) is 1.97. The van der Waals surface area contributed by atoms with Gasteiger partial charge >= 0.3 is 0 Å². The van der Waals surface area contributed by atoms with Crippen molar-refractivity contribution in [3.05, 3.63) is 11.9 Å². The summed E-state index contributed by atoms with van der Waals surface area (Å²) in [6, 6.07) is 1.34. The molecule has 2 heterocycles. The Hall–Kier alpha value is -1.03. The molecule has 1 atom stereocenters. The van der Waals surface area contributed by atoms with Crippen LogP contribution >= 0.6 is 0 Å². The van der Waals surface area contributed by atoms with Crippen LogP contribution < -0.4 is 10.2 Å². The van der Waals surface area contributed by atoms with Crippen LogP contribution in [0.2, 0.25) is 0 Å². The third kappa shape index (κ3) is 2.26. The van der Waals surface area contributed by atoms with E-state index < -0.39 is 0 Å². The van der Waals surface area contributed by atoms with Crippen molar-refractivity contribution in [2.45, 2.75) is 51.1 Å². The molecule has 1 aromatic rings. The molecule has 2 fully saturated rings. The molecule has 1 saturated heterocycles. The number of aromatic nitrogens is 2. The number of hydrogen-bond acceptors (Lipinski definition) is 3. The molecule has 2 aliphatic rings. The first-order valence-electron chi connectivity index (χ1n) is 7.31. The first kappa shape index (κ1) is 12.0. The Balaban J connectivity index is 1.83. The van der Waals surface area contributed by atoms with Crippen molar-refractivity contribution in [2.75, 3.05) is 25.0 Å². The standard InChI is InChI=1S/C14H24N4/c1-3-11-10-18(13-6-7-13)14(16-11)17-8-4-5-12(9-17)15-2/h10,12-13,15H,3-9H2,1-2H3. The highest BCUT2D eigenvalue weighted by Gasteiger charge is 2.30. The minimum atomic E-state index is 0.619. The van der Waals surface area contributed by atoms with Crippen molar-refractivity contribution in [1.82, 2.24) is 14.9 Å². The van der Waals surface area contributed by atoms with Crippen LogP contribution in [0.4, 0.5) is 5.95 Å². The average molecular weight is 248 g/mol. The Bertz CT molecular complexity index is 408. The highest BCUT2D eigenvalue weighted by molar-refractivity contribution is 5.36. The SMILES string of the molecule is CCc1cn(C2CC2)c(N2CCCC(NC)C2)n1. The zero-order valence-electron chi connectivity index (χ0n) is 11.5. The molecule has 0 radical (unpaired) electrons. The fourth-order valence-electron chi connectivity index (χ4n) is 2.85. The molecule has 1 saturated carbocycles. The molecule has 100 valence electrons. The van der Waals surface area contributed by atoms with Gasteiger partial charge in [-0.3, -0.25) is 0 Å². The normalized spacial score (nSPS) is 24.6. The van der Waals surface area contributed by atoms with Gasteiger partial charge in [-0.1, -0.05) is 6.92 Å². The lowest BCUT2D eigenvalue weighted by atomic mass is 10.1. The Morgan fingerprint density at radius 2 is 2.22 bits per heavy atom. The highest BCUT2D eigenvalue weighted by Crippen LogP contribution is 2.38. The number of likely N-dealkylation sites (N-methyl/N-ethyl adjacent to an activating group) is 1. The maximum Gasteiger partial charge on any atom is 0.206 e. The van der Waals surface area contributed by atoms with E-state index in [9.17, 15) is 0 Å². The molecule has 1 unspecified atom stereocenters. The van der Waals surface area contributed by atoms with E-state index in [1.165, 1.54) is 37.3 Å². The summed E-state index contributed by atoms with van der Waals surface area (Å²) in [6.45, 7) is 4.45. The van der Waals surface area contributed by atoms with Crippen molar-refractivity contribution >= 4 is 5.95 Å². The van der Waals surface area contributed by atoms with Crippen LogP contribution in [0, 0.1) is 0 Å². The molecule has 18 heavy (non-hydrogen) atoms. The van der Waals surface area contributed by atoms with Crippen molar-refractivity contribution in [3.63, 3.8) is 0 Å². The number of rotatable bonds is 4. The van der Waals surface area contributed by atoms with Crippen LogP contribution in [-0.4, -0.2) is 35.7 Å². The van der Waals surface area contributed by atoms with Gasteiger partial charge in [0.2, 0.25) is 5.95 Å². The summed E-state index contributed by atoms with van der Waals surface area (Å²) in [7, 11) is 2.07. The maximum atomic E-state index is 4.84. The van der Waals surface area contributed by atoms with Crippen molar-refractivity contribution in [2.24, 2.45) is 0 Å². The van der Waals surface area contributed by atoms with E-state index in [4.69, 9.17) is 4.98 Å². The Labute approximate surface area is 109 Å². The van der Waals surface area contributed by atoms with Crippen LogP contribution in [0.25, 0.3) is 0 Å². The largest absolute Gasteiger partial charge is 0.341 e. The summed E-state index contributed by atoms with van der Waals surface area (Å²) >= 11 is 0. The van der Waals surface area contributed by atoms with Gasteiger partial charge in [0.15, 0.2) is 0 Å². The molecule has 0 bridgehead atoms. The van der Waals surface area contributed by atoms with Gasteiger partial charge in [-0.05, 0) is 39.2 Å². The molecule has 4 heteroatoms. The van der Waals surface area contributed by atoms with Gasteiger partial charge in [0.05, 0.1) is 5.69 Å². The van der Waals surface area contributed by atoms with E-state index >= 15 is 0 Å². The lowest BCUT2D eigenvalue weighted by molar-refractivity contribution is 0.441. The van der Waals surface area contributed by atoms with E-state index in [2.05, 4.69) is 35.0 Å². The van der Waals surface area contributed by atoms with E-state index in [0.29, 0.717) is 6.04 Å². The number of anilines is 1. The summed E-state index contributed by atoms with van der Waals surface area (Å²) in [5.74, 6) is 1.22. The highest BCUT2D eigenvalue weighted by atomic mass is 15.3. The van der Waals surface area contributed by atoms with Crippen molar-refractivity contribution in [1.29, 1.82) is 0 Å². The molecule has 0 spiro atoms. The van der Waals surface area contributed by atoms with Gasteiger partial charge in [0, 0.05) is 31.4 Å². The van der Waals surface area contributed by atoms with E-state index in [-0.39, 0.29) is 0 Å². The Morgan fingerprint density at radius 3 is 2.89 bits per heavy atom. The fourth-order valence-corrected chi connectivity index (χ4v) is 2.85. The number of nitrogens with one attached hydrogen (secondary N) is 1. The topological polar surface area (TPSA) is 33.1 Å². The molecule has 4 nitrogen and oxygen atoms in total. The molecule has 1 aliphatic carbocycles. The van der Waals surface area contributed by atoms with Crippen LogP contribution in [0.1, 0.15) is 44.3 Å². The molecule has 3 rings (SSSR count). The van der Waals surface area contributed by atoms with Crippen LogP contribution in [0.5, 0.6) is 0 Å². The molecule has 0 aromatic carbocycles. The minimum absolute atomic E-state index is 0.619. The third-order valence-electron chi connectivity index (χ3n) is 4.18. The molecular formula is C14H24N4. The zero-order valence-corrected chi connectivity index (χ0v) is 11.5. The third-order valence-corrected chi connectivity index (χ3v) is 4.18. The van der Waals surface area contributed by atoms with E-state index in [0.717, 1.165) is 25.6 Å². The predicted molar refractivity (Wildman–Crippen MR) is 74.2 cm³/mol. The number of aryl methyl sites for hydroxylation is 1. The summed E-state index contributed by atoms with van der Waals surface area (Å²) in [6.07, 6.45) is 8.53. The van der Waals surface area contributed by atoms with Gasteiger partial charge < -0.3 is 14.8 Å². The molecule has 1 aliphatic heterocycles. The Kier molecular flexibility index (Phi) is 3.29. The number of piperidine rings is 1. The van der Waals surface area contributed by atoms with Gasteiger partial charge in [0.1, 0.15) is 0 Å². The van der Waals surface area contributed by atoms with Crippen molar-refractivity contribution < 1.29 is 0 Å². The van der Waals surface area contributed by atoms with Crippen LogP contribution in [0.3, 0.4) is 0 Å². The fraction of sp³-hybridized carbons (Fsp3) is 0.786.